The molecular formula is C13H24N4S. The normalized spacial score (nSPS) is 19.0. The van der Waals surface area contributed by atoms with E-state index in [1.807, 2.05) is 4.68 Å². The fourth-order valence-corrected chi connectivity index (χ4v) is 3.78. The lowest BCUT2D eigenvalue weighted by Gasteiger charge is -2.24. The zero-order valence-corrected chi connectivity index (χ0v) is 12.0. The Balaban J connectivity index is 1.82. The Kier molecular flexibility index (Phi) is 5.50. The number of nitrogens with two attached hydrogens (primary N) is 1. The van der Waals surface area contributed by atoms with E-state index in [1.54, 1.807) is 6.33 Å². The van der Waals surface area contributed by atoms with Gasteiger partial charge >= 0.3 is 0 Å². The van der Waals surface area contributed by atoms with Gasteiger partial charge in [-0.25, -0.2) is 4.98 Å². The van der Waals surface area contributed by atoms with Crippen LogP contribution in [0.2, 0.25) is 0 Å². The molecule has 0 bridgehead atoms. The Bertz CT molecular complexity index is 347. The summed E-state index contributed by atoms with van der Waals surface area (Å²) in [6, 6.07) is 0.234. The van der Waals surface area contributed by atoms with Crippen molar-refractivity contribution < 1.29 is 0 Å². The zero-order valence-electron chi connectivity index (χ0n) is 11.2. The van der Waals surface area contributed by atoms with E-state index in [0.29, 0.717) is 0 Å². The molecule has 5 heteroatoms. The minimum Gasteiger partial charge on any atom is -0.327 e. The number of hydrogen-bond donors (Lipinski definition) is 1. The lowest BCUT2D eigenvalue weighted by atomic mass is 9.93. The molecule has 1 atom stereocenters. The smallest absolute Gasteiger partial charge is 0.138 e. The van der Waals surface area contributed by atoms with Crippen molar-refractivity contribution in [2.45, 2.75) is 51.6 Å². The van der Waals surface area contributed by atoms with Gasteiger partial charge in [0.15, 0.2) is 0 Å². The molecule has 0 radical (unpaired) electrons. The highest BCUT2D eigenvalue weighted by Crippen LogP contribution is 2.26. The first-order valence-corrected chi connectivity index (χ1v) is 8.15. The van der Waals surface area contributed by atoms with Crippen LogP contribution in [0.5, 0.6) is 0 Å². The second-order valence-electron chi connectivity index (χ2n) is 5.16. The van der Waals surface area contributed by atoms with Gasteiger partial charge in [0.05, 0.1) is 0 Å². The molecule has 1 aromatic rings. The van der Waals surface area contributed by atoms with Crippen molar-refractivity contribution in [3.63, 3.8) is 0 Å². The molecule has 1 unspecified atom stereocenters. The predicted molar refractivity (Wildman–Crippen MR) is 76.7 cm³/mol. The van der Waals surface area contributed by atoms with Crippen LogP contribution < -0.4 is 5.73 Å². The molecule has 0 amide bonds. The molecule has 2 rings (SSSR count). The number of aryl methyl sites for hydroxylation is 1. The second kappa shape index (κ2) is 7.14. The molecule has 1 fully saturated rings. The molecular weight excluding hydrogens is 244 g/mol. The standard InChI is InChI=1S/C13H24N4S/c1-2-5-17-13(15-10-16-17)9-12(14)8-11-3-6-18-7-4-11/h10-12H,2-9,14H2,1H3. The molecule has 1 saturated heterocycles. The van der Waals surface area contributed by atoms with Gasteiger partial charge in [-0.15, -0.1) is 0 Å². The maximum absolute atomic E-state index is 6.27. The monoisotopic (exact) mass is 268 g/mol. The van der Waals surface area contributed by atoms with E-state index < -0.39 is 0 Å². The lowest BCUT2D eigenvalue weighted by Crippen LogP contribution is -2.29. The highest BCUT2D eigenvalue weighted by Gasteiger charge is 2.18. The Morgan fingerprint density at radius 1 is 1.50 bits per heavy atom. The summed E-state index contributed by atoms with van der Waals surface area (Å²) in [4.78, 5) is 4.34. The Morgan fingerprint density at radius 2 is 2.28 bits per heavy atom. The van der Waals surface area contributed by atoms with Gasteiger partial charge in [-0.05, 0) is 43.1 Å². The van der Waals surface area contributed by atoms with Crippen molar-refractivity contribution in [3.05, 3.63) is 12.2 Å². The third-order valence-corrected chi connectivity index (χ3v) is 4.60. The third-order valence-electron chi connectivity index (χ3n) is 3.55. The van der Waals surface area contributed by atoms with E-state index in [1.165, 1.54) is 24.3 Å². The summed E-state index contributed by atoms with van der Waals surface area (Å²) in [6.07, 6.45) is 7.41. The average molecular weight is 268 g/mol. The summed E-state index contributed by atoms with van der Waals surface area (Å²) in [6.45, 7) is 3.10. The van der Waals surface area contributed by atoms with Crippen LogP contribution in [0, 0.1) is 5.92 Å². The summed E-state index contributed by atoms with van der Waals surface area (Å²) in [7, 11) is 0. The van der Waals surface area contributed by atoms with Crippen molar-refractivity contribution in [1.29, 1.82) is 0 Å². The number of aromatic nitrogens is 3. The zero-order chi connectivity index (χ0) is 12.8. The second-order valence-corrected chi connectivity index (χ2v) is 6.38. The molecule has 4 nitrogen and oxygen atoms in total. The van der Waals surface area contributed by atoms with E-state index in [-0.39, 0.29) is 6.04 Å². The van der Waals surface area contributed by atoms with Crippen LogP contribution in [0.4, 0.5) is 0 Å². The minimum absolute atomic E-state index is 0.234. The molecule has 1 aliphatic rings. The van der Waals surface area contributed by atoms with Crippen LogP contribution in [0.25, 0.3) is 0 Å². The first-order valence-electron chi connectivity index (χ1n) is 6.99. The number of rotatable bonds is 6. The summed E-state index contributed by atoms with van der Waals surface area (Å²) >= 11 is 2.07. The number of nitrogens with zero attached hydrogens (tertiary/aromatic N) is 3. The summed E-state index contributed by atoms with van der Waals surface area (Å²) in [5.74, 6) is 4.49. The van der Waals surface area contributed by atoms with Crippen LogP contribution in [-0.4, -0.2) is 32.3 Å². The maximum Gasteiger partial charge on any atom is 0.138 e. The van der Waals surface area contributed by atoms with E-state index >= 15 is 0 Å². The van der Waals surface area contributed by atoms with E-state index in [2.05, 4.69) is 28.8 Å². The van der Waals surface area contributed by atoms with Crippen LogP contribution >= 0.6 is 11.8 Å². The topological polar surface area (TPSA) is 56.7 Å². The molecule has 0 spiro atoms. The van der Waals surface area contributed by atoms with Crippen LogP contribution in [0.15, 0.2) is 6.33 Å². The van der Waals surface area contributed by atoms with Crippen molar-refractivity contribution in [2.75, 3.05) is 11.5 Å². The fourth-order valence-electron chi connectivity index (χ4n) is 2.57. The van der Waals surface area contributed by atoms with Gasteiger partial charge in [0.25, 0.3) is 0 Å². The molecule has 102 valence electrons. The van der Waals surface area contributed by atoms with Gasteiger partial charge in [0.1, 0.15) is 12.2 Å². The van der Waals surface area contributed by atoms with Crippen LogP contribution in [-0.2, 0) is 13.0 Å². The Morgan fingerprint density at radius 3 is 3.00 bits per heavy atom. The first kappa shape index (κ1) is 13.9. The third kappa shape index (κ3) is 3.99. The molecule has 18 heavy (non-hydrogen) atoms. The largest absolute Gasteiger partial charge is 0.327 e. The van der Waals surface area contributed by atoms with E-state index in [4.69, 9.17) is 5.73 Å². The Hall–Kier alpha value is -0.550. The lowest BCUT2D eigenvalue weighted by molar-refractivity contribution is 0.398. The number of hydrogen-bond acceptors (Lipinski definition) is 4. The quantitative estimate of drug-likeness (QED) is 0.858. The molecule has 2 heterocycles. The summed E-state index contributed by atoms with van der Waals surface area (Å²) < 4.78 is 2.00. The van der Waals surface area contributed by atoms with Crippen molar-refractivity contribution >= 4 is 11.8 Å². The van der Waals surface area contributed by atoms with Crippen LogP contribution in [0.3, 0.4) is 0 Å². The van der Waals surface area contributed by atoms with Crippen LogP contribution in [0.1, 0.15) is 38.4 Å². The molecule has 1 aromatic heterocycles. The highest BCUT2D eigenvalue weighted by molar-refractivity contribution is 7.99. The first-order chi connectivity index (χ1) is 8.79. The molecule has 2 N–H and O–H groups in total. The van der Waals surface area contributed by atoms with Gasteiger partial charge < -0.3 is 5.73 Å². The van der Waals surface area contributed by atoms with Crippen molar-refractivity contribution in [3.8, 4) is 0 Å². The van der Waals surface area contributed by atoms with Gasteiger partial charge in [-0.1, -0.05) is 6.92 Å². The predicted octanol–water partition coefficient (Wildman–Crippen LogP) is 2.09. The molecule has 0 aromatic carbocycles. The van der Waals surface area contributed by atoms with Gasteiger partial charge in [0.2, 0.25) is 0 Å². The van der Waals surface area contributed by atoms with Gasteiger partial charge in [-0.2, -0.15) is 16.9 Å². The number of thioether (sulfide) groups is 1. The maximum atomic E-state index is 6.27. The van der Waals surface area contributed by atoms with Gasteiger partial charge in [-0.3, -0.25) is 4.68 Å². The minimum atomic E-state index is 0.234. The van der Waals surface area contributed by atoms with E-state index in [0.717, 1.165) is 37.5 Å². The highest BCUT2D eigenvalue weighted by atomic mass is 32.2. The SMILES string of the molecule is CCCn1ncnc1CC(N)CC1CCSCC1. The average Bonchev–Trinajstić information content (AvgIpc) is 2.78. The fraction of sp³-hybridized carbons (Fsp3) is 0.846. The summed E-state index contributed by atoms with van der Waals surface area (Å²) in [5, 5.41) is 4.25. The molecule has 1 aliphatic heterocycles. The molecule has 0 aliphatic carbocycles. The Labute approximate surface area is 114 Å². The summed E-state index contributed by atoms with van der Waals surface area (Å²) in [5.41, 5.74) is 6.27. The van der Waals surface area contributed by atoms with Crippen molar-refractivity contribution in [2.24, 2.45) is 11.7 Å². The van der Waals surface area contributed by atoms with E-state index in [9.17, 15) is 0 Å². The van der Waals surface area contributed by atoms with Crippen molar-refractivity contribution in [1.82, 2.24) is 14.8 Å². The van der Waals surface area contributed by atoms with Gasteiger partial charge in [0, 0.05) is 19.0 Å². The molecule has 0 saturated carbocycles.